The second-order valence-corrected chi connectivity index (χ2v) is 9.67. The molecular weight excluding hydrogens is 540 g/mol. The molecule has 0 saturated heterocycles. The van der Waals surface area contributed by atoms with Crippen molar-refractivity contribution in [3.05, 3.63) is 94.7 Å². The number of benzene rings is 1. The number of nitrogens with zero attached hydrogens (tertiary/aromatic N) is 3. The first-order valence-corrected chi connectivity index (χ1v) is 13.0. The van der Waals surface area contributed by atoms with Crippen LogP contribution in [0.2, 0.25) is 0 Å². The first-order valence-electron chi connectivity index (χ1n) is 13.0. The molecule has 0 saturated carbocycles. The van der Waals surface area contributed by atoms with Crippen LogP contribution in [-0.2, 0) is 17.4 Å². The fourth-order valence-electron chi connectivity index (χ4n) is 4.51. The molecule has 4 rings (SSSR count). The molecule has 1 aliphatic carbocycles. The number of nitrogens with one attached hydrogen (secondary N) is 1. The number of ether oxygens (including phenoxy) is 1. The molecule has 2 aromatic heterocycles. The molecule has 0 atom stereocenters. The number of halogens is 4. The van der Waals surface area contributed by atoms with Gasteiger partial charge in [-0.25, -0.2) is 9.37 Å². The number of carbonyl (C=O) groups is 1. The monoisotopic (exact) mass is 570 g/mol. The molecule has 0 unspecified atom stereocenters. The van der Waals surface area contributed by atoms with Gasteiger partial charge in [0.05, 0.1) is 0 Å². The Hall–Kier alpha value is -4.25. The van der Waals surface area contributed by atoms with Crippen LogP contribution in [0.25, 0.3) is 11.1 Å². The van der Waals surface area contributed by atoms with E-state index in [0.29, 0.717) is 54.6 Å². The third kappa shape index (κ3) is 7.49. The number of hydrogen-bond donors (Lipinski definition) is 2. The van der Waals surface area contributed by atoms with Crippen LogP contribution in [0.5, 0.6) is 11.6 Å². The topological polar surface area (TPSA) is 87.6 Å². The van der Waals surface area contributed by atoms with E-state index in [-0.39, 0.29) is 29.7 Å². The Balaban J connectivity index is 1.59. The van der Waals surface area contributed by atoms with Gasteiger partial charge in [0.25, 0.3) is 0 Å². The summed E-state index contributed by atoms with van der Waals surface area (Å²) >= 11 is 0. The molecule has 1 aliphatic rings. The summed E-state index contributed by atoms with van der Waals surface area (Å²) in [6.45, 7) is 1.08. The number of aromatic hydroxyl groups is 1. The first-order chi connectivity index (χ1) is 19.5. The molecule has 0 fully saturated rings. The SMILES string of the molecule is CN(C)C(=O)/C=C/CNCCOc1cc(F)c(C2=C(c3ccc(C(F)(F)F)nc3)CCCc3cc(O)ccc32)cn1. The van der Waals surface area contributed by atoms with Crippen molar-refractivity contribution in [1.29, 1.82) is 0 Å². The number of hydrogen-bond acceptors (Lipinski definition) is 6. The minimum Gasteiger partial charge on any atom is -0.508 e. The van der Waals surface area contributed by atoms with Gasteiger partial charge in [-0.1, -0.05) is 18.2 Å². The summed E-state index contributed by atoms with van der Waals surface area (Å²) in [6.07, 6.45) is 2.76. The zero-order valence-electron chi connectivity index (χ0n) is 22.6. The van der Waals surface area contributed by atoms with Crippen LogP contribution in [0.1, 0.15) is 40.8 Å². The molecule has 2 heterocycles. The normalized spacial score (nSPS) is 13.7. The summed E-state index contributed by atoms with van der Waals surface area (Å²) in [4.78, 5) is 20.9. The Morgan fingerprint density at radius 3 is 2.59 bits per heavy atom. The number of amides is 1. The van der Waals surface area contributed by atoms with Gasteiger partial charge in [-0.05, 0) is 65.3 Å². The van der Waals surface area contributed by atoms with Crippen molar-refractivity contribution in [3.8, 4) is 11.6 Å². The van der Waals surface area contributed by atoms with Crippen LogP contribution in [0, 0.1) is 5.82 Å². The molecule has 0 bridgehead atoms. The van der Waals surface area contributed by atoms with Crippen LogP contribution in [0.4, 0.5) is 17.6 Å². The molecule has 2 N–H and O–H groups in total. The maximum absolute atomic E-state index is 15.6. The molecule has 216 valence electrons. The second kappa shape index (κ2) is 12.9. The quantitative estimate of drug-likeness (QED) is 0.208. The minimum atomic E-state index is -4.58. The van der Waals surface area contributed by atoms with Crippen LogP contribution < -0.4 is 10.1 Å². The highest BCUT2D eigenvalue weighted by atomic mass is 19.4. The Bertz CT molecular complexity index is 1450. The highest BCUT2D eigenvalue weighted by Gasteiger charge is 2.32. The van der Waals surface area contributed by atoms with E-state index >= 15 is 4.39 Å². The smallest absolute Gasteiger partial charge is 0.433 e. The number of pyridine rings is 2. The van der Waals surface area contributed by atoms with Gasteiger partial charge in [-0.15, -0.1) is 0 Å². The molecule has 0 radical (unpaired) electrons. The lowest BCUT2D eigenvalue weighted by Crippen LogP contribution is -2.22. The molecule has 1 aromatic carbocycles. The standard InChI is InChI=1S/C30H30F4N4O3/c1-38(2)28(40)7-4-12-35-13-14-41-27-16-25(31)24(18-37-27)29-22(20-8-11-26(36-17-20)30(32,33)34)6-3-5-19-15-21(39)9-10-23(19)29/h4,7-11,15-18,35,39H,3,5-6,12-14H2,1-2H3/b7-4+. The number of aromatic nitrogens is 2. The number of carbonyl (C=O) groups excluding carboxylic acids is 1. The zero-order valence-corrected chi connectivity index (χ0v) is 22.6. The average Bonchev–Trinajstić information content (AvgIpc) is 3.11. The van der Waals surface area contributed by atoms with Crippen molar-refractivity contribution in [2.75, 3.05) is 33.8 Å². The summed E-state index contributed by atoms with van der Waals surface area (Å²) in [5.74, 6) is -0.590. The number of rotatable bonds is 9. The molecule has 3 aromatic rings. The largest absolute Gasteiger partial charge is 0.508 e. The van der Waals surface area contributed by atoms with Crippen LogP contribution in [0.3, 0.4) is 0 Å². The van der Waals surface area contributed by atoms with E-state index in [1.165, 1.54) is 35.4 Å². The first kappa shape index (κ1) is 29.7. The van der Waals surface area contributed by atoms with E-state index in [2.05, 4.69) is 15.3 Å². The number of phenolic OH excluding ortho intramolecular Hbond substituents is 1. The number of likely N-dealkylation sites (N-methyl/N-ethyl adjacent to an activating group) is 1. The molecule has 11 heteroatoms. The fourth-order valence-corrected chi connectivity index (χ4v) is 4.51. The number of allylic oxidation sites excluding steroid dienone is 1. The van der Waals surface area contributed by atoms with Crippen LogP contribution in [0.15, 0.2) is 60.9 Å². The van der Waals surface area contributed by atoms with Gasteiger partial charge in [0.2, 0.25) is 11.8 Å². The Labute approximate surface area is 235 Å². The lowest BCUT2D eigenvalue weighted by atomic mass is 9.88. The van der Waals surface area contributed by atoms with Crippen molar-refractivity contribution < 1.29 is 32.2 Å². The molecule has 0 aliphatic heterocycles. The summed E-state index contributed by atoms with van der Waals surface area (Å²) in [6, 6.07) is 8.22. The van der Waals surface area contributed by atoms with Crippen LogP contribution in [-0.4, -0.2) is 59.7 Å². The van der Waals surface area contributed by atoms with Gasteiger partial charge in [-0.3, -0.25) is 9.78 Å². The van der Waals surface area contributed by atoms with Gasteiger partial charge in [0.1, 0.15) is 23.9 Å². The maximum atomic E-state index is 15.6. The van der Waals surface area contributed by atoms with E-state index in [1.54, 1.807) is 32.3 Å². The van der Waals surface area contributed by atoms with Gasteiger partial charge >= 0.3 is 6.18 Å². The number of fused-ring (bicyclic) bond motifs is 1. The summed E-state index contributed by atoms with van der Waals surface area (Å²) in [5.41, 5.74) is 2.17. The molecule has 0 spiro atoms. The van der Waals surface area contributed by atoms with Gasteiger partial charge < -0.3 is 20.1 Å². The third-order valence-corrected chi connectivity index (χ3v) is 6.53. The number of aryl methyl sites for hydroxylation is 1. The van der Waals surface area contributed by atoms with Gasteiger partial charge in [-0.2, -0.15) is 13.2 Å². The average molecular weight is 571 g/mol. The highest BCUT2D eigenvalue weighted by molar-refractivity contribution is 5.99. The molecule has 1 amide bonds. The minimum absolute atomic E-state index is 0.0680. The Kier molecular flexibility index (Phi) is 9.38. The predicted octanol–water partition coefficient (Wildman–Crippen LogP) is 5.25. The van der Waals surface area contributed by atoms with Crippen molar-refractivity contribution in [2.45, 2.75) is 25.4 Å². The van der Waals surface area contributed by atoms with E-state index in [1.807, 2.05) is 0 Å². The van der Waals surface area contributed by atoms with E-state index < -0.39 is 17.7 Å². The molecule has 41 heavy (non-hydrogen) atoms. The van der Waals surface area contributed by atoms with Crippen molar-refractivity contribution in [2.24, 2.45) is 0 Å². The second-order valence-electron chi connectivity index (χ2n) is 9.67. The van der Waals surface area contributed by atoms with Crippen molar-refractivity contribution >= 4 is 17.1 Å². The highest BCUT2D eigenvalue weighted by Crippen LogP contribution is 2.42. The van der Waals surface area contributed by atoms with Crippen molar-refractivity contribution in [1.82, 2.24) is 20.2 Å². The van der Waals surface area contributed by atoms with E-state index in [0.717, 1.165) is 17.8 Å². The third-order valence-electron chi connectivity index (χ3n) is 6.53. The summed E-state index contributed by atoms with van der Waals surface area (Å²) in [7, 11) is 3.32. The van der Waals surface area contributed by atoms with Crippen molar-refractivity contribution in [3.63, 3.8) is 0 Å². The van der Waals surface area contributed by atoms with E-state index in [9.17, 15) is 23.1 Å². The zero-order chi connectivity index (χ0) is 29.6. The Morgan fingerprint density at radius 1 is 1.10 bits per heavy atom. The fraction of sp³-hybridized carbons (Fsp3) is 0.300. The molecule has 7 nitrogen and oxygen atoms in total. The predicted molar refractivity (Wildman–Crippen MR) is 147 cm³/mol. The lowest BCUT2D eigenvalue weighted by molar-refractivity contribution is -0.141. The van der Waals surface area contributed by atoms with E-state index in [4.69, 9.17) is 4.74 Å². The van der Waals surface area contributed by atoms with Gasteiger partial charge in [0, 0.05) is 57.3 Å². The maximum Gasteiger partial charge on any atom is 0.433 e. The summed E-state index contributed by atoms with van der Waals surface area (Å²) < 4.78 is 60.6. The van der Waals surface area contributed by atoms with Crippen LogP contribution >= 0.6 is 0 Å². The number of alkyl halides is 3. The molecular formula is C30H30F4N4O3. The Morgan fingerprint density at radius 2 is 1.90 bits per heavy atom. The summed E-state index contributed by atoms with van der Waals surface area (Å²) in [5, 5.41) is 13.1. The lowest BCUT2D eigenvalue weighted by Gasteiger charge is -2.18. The van der Waals surface area contributed by atoms with Gasteiger partial charge in [0.15, 0.2) is 0 Å². The number of phenols is 1.